The molecule has 1 aromatic heterocycles. The molecule has 0 aliphatic heterocycles. The molecule has 1 saturated carbocycles. The molecule has 0 bridgehead atoms. The monoisotopic (exact) mass is 354 g/mol. The molecule has 0 unspecified atom stereocenters. The molecule has 0 radical (unpaired) electrons. The number of hydrogen-bond donors (Lipinski definition) is 2. The first kappa shape index (κ1) is 15.8. The number of nitrogens with one attached hydrogen (secondary N) is 2. The van der Waals surface area contributed by atoms with E-state index in [9.17, 15) is 4.39 Å². The molecule has 0 amide bonds. The van der Waals surface area contributed by atoms with Crippen LogP contribution in [0.3, 0.4) is 0 Å². The van der Waals surface area contributed by atoms with Crippen LogP contribution in [0.4, 0.5) is 21.8 Å². The molecule has 126 valence electrons. The lowest BCUT2D eigenvalue weighted by molar-refractivity contribution is 0.628. The lowest BCUT2D eigenvalue weighted by atomic mass is 10.1. The molecule has 0 saturated heterocycles. The normalized spacial score (nSPS) is 13.5. The van der Waals surface area contributed by atoms with Crippen molar-refractivity contribution in [1.29, 1.82) is 0 Å². The van der Waals surface area contributed by atoms with Crippen LogP contribution < -0.4 is 10.6 Å². The number of nitrogens with zero attached hydrogens (tertiary/aromatic N) is 2. The summed E-state index contributed by atoms with van der Waals surface area (Å²) in [5.41, 5.74) is 2.49. The lowest BCUT2D eigenvalue weighted by Crippen LogP contribution is -2.07. The molecule has 25 heavy (non-hydrogen) atoms. The molecule has 6 heteroatoms. The van der Waals surface area contributed by atoms with Gasteiger partial charge in [0.25, 0.3) is 0 Å². The van der Waals surface area contributed by atoms with Gasteiger partial charge in [-0.05, 0) is 31.0 Å². The van der Waals surface area contributed by atoms with Crippen molar-refractivity contribution in [2.24, 2.45) is 0 Å². The van der Waals surface area contributed by atoms with Gasteiger partial charge < -0.3 is 10.6 Å². The van der Waals surface area contributed by atoms with Crippen molar-refractivity contribution >= 4 is 29.1 Å². The standard InChI is InChI=1S/C19H16ClFN4/c20-15-10-14(8-9-16(15)21)22-18-11-17(12-4-2-1-3-5-12)24-19(25-18)23-13-6-7-13/h1-5,8-11,13H,6-7H2,(H2,22,23,24,25). The fraction of sp³-hybridized carbons (Fsp3) is 0.158. The summed E-state index contributed by atoms with van der Waals surface area (Å²) in [6.07, 6.45) is 2.27. The average Bonchev–Trinajstić information content (AvgIpc) is 3.43. The second-order valence-electron chi connectivity index (χ2n) is 6.00. The Kier molecular flexibility index (Phi) is 4.24. The summed E-state index contributed by atoms with van der Waals surface area (Å²) in [4.78, 5) is 9.13. The first-order valence-electron chi connectivity index (χ1n) is 8.10. The van der Waals surface area contributed by atoms with Crippen molar-refractivity contribution in [2.45, 2.75) is 18.9 Å². The maximum Gasteiger partial charge on any atom is 0.225 e. The van der Waals surface area contributed by atoms with E-state index < -0.39 is 5.82 Å². The highest BCUT2D eigenvalue weighted by Gasteiger charge is 2.22. The Bertz CT molecular complexity index is 897. The third kappa shape index (κ3) is 3.88. The van der Waals surface area contributed by atoms with Gasteiger partial charge in [-0.1, -0.05) is 41.9 Å². The summed E-state index contributed by atoms with van der Waals surface area (Å²) in [5, 5.41) is 6.57. The molecule has 1 aliphatic carbocycles. The Morgan fingerprint density at radius 1 is 1.00 bits per heavy atom. The van der Waals surface area contributed by atoms with Crippen LogP contribution in [-0.4, -0.2) is 16.0 Å². The van der Waals surface area contributed by atoms with Crippen molar-refractivity contribution < 1.29 is 4.39 Å². The van der Waals surface area contributed by atoms with E-state index in [1.807, 2.05) is 36.4 Å². The van der Waals surface area contributed by atoms with Gasteiger partial charge in [0.05, 0.1) is 10.7 Å². The van der Waals surface area contributed by atoms with E-state index in [-0.39, 0.29) is 5.02 Å². The van der Waals surface area contributed by atoms with Gasteiger partial charge in [-0.2, -0.15) is 4.98 Å². The fourth-order valence-electron chi connectivity index (χ4n) is 2.46. The molecule has 4 rings (SSSR count). The van der Waals surface area contributed by atoms with Crippen molar-refractivity contribution in [3.63, 3.8) is 0 Å². The smallest absolute Gasteiger partial charge is 0.225 e. The summed E-state index contributed by atoms with van der Waals surface area (Å²) in [6.45, 7) is 0. The SMILES string of the molecule is Fc1ccc(Nc2cc(-c3ccccc3)nc(NC3CC3)n2)cc1Cl. The third-order valence-electron chi connectivity index (χ3n) is 3.90. The van der Waals surface area contributed by atoms with Crippen molar-refractivity contribution in [2.75, 3.05) is 10.6 Å². The van der Waals surface area contributed by atoms with Gasteiger partial charge in [0.2, 0.25) is 5.95 Å². The van der Waals surface area contributed by atoms with Crippen LogP contribution >= 0.6 is 11.6 Å². The van der Waals surface area contributed by atoms with E-state index in [2.05, 4.69) is 20.6 Å². The highest BCUT2D eigenvalue weighted by atomic mass is 35.5. The minimum atomic E-state index is -0.448. The number of hydrogen-bond acceptors (Lipinski definition) is 4. The maximum atomic E-state index is 13.3. The number of aromatic nitrogens is 2. The van der Waals surface area contributed by atoms with Crippen LogP contribution in [0.25, 0.3) is 11.3 Å². The predicted molar refractivity (Wildman–Crippen MR) is 98.8 cm³/mol. The van der Waals surface area contributed by atoms with E-state index in [0.29, 0.717) is 23.5 Å². The maximum absolute atomic E-state index is 13.3. The molecule has 0 spiro atoms. The largest absolute Gasteiger partial charge is 0.351 e. The molecule has 1 heterocycles. The number of rotatable bonds is 5. The van der Waals surface area contributed by atoms with Crippen molar-refractivity contribution in [1.82, 2.24) is 9.97 Å². The van der Waals surface area contributed by atoms with E-state index in [0.717, 1.165) is 24.1 Å². The van der Waals surface area contributed by atoms with Gasteiger partial charge in [0, 0.05) is 23.4 Å². The molecule has 0 atom stereocenters. The van der Waals surface area contributed by atoms with Crippen LogP contribution in [0.1, 0.15) is 12.8 Å². The zero-order chi connectivity index (χ0) is 17.2. The van der Waals surface area contributed by atoms with E-state index in [4.69, 9.17) is 11.6 Å². The Morgan fingerprint density at radius 2 is 1.80 bits per heavy atom. The number of halogens is 2. The zero-order valence-electron chi connectivity index (χ0n) is 13.3. The second kappa shape index (κ2) is 6.69. The van der Waals surface area contributed by atoms with Gasteiger partial charge in [-0.25, -0.2) is 9.37 Å². The topological polar surface area (TPSA) is 49.8 Å². The Balaban J connectivity index is 1.68. The number of benzene rings is 2. The van der Waals surface area contributed by atoms with Gasteiger partial charge in [-0.3, -0.25) is 0 Å². The molecule has 3 aromatic rings. The van der Waals surface area contributed by atoms with Gasteiger partial charge in [0.1, 0.15) is 11.6 Å². The zero-order valence-corrected chi connectivity index (χ0v) is 14.1. The molecule has 1 fully saturated rings. The van der Waals surface area contributed by atoms with Gasteiger partial charge >= 0.3 is 0 Å². The van der Waals surface area contributed by atoms with Crippen LogP contribution in [-0.2, 0) is 0 Å². The minimum absolute atomic E-state index is 0.0682. The first-order valence-corrected chi connectivity index (χ1v) is 8.48. The second-order valence-corrected chi connectivity index (χ2v) is 6.41. The number of anilines is 3. The third-order valence-corrected chi connectivity index (χ3v) is 4.19. The lowest BCUT2D eigenvalue weighted by Gasteiger charge is -2.11. The molecule has 1 aliphatic rings. The summed E-state index contributed by atoms with van der Waals surface area (Å²) < 4.78 is 13.3. The van der Waals surface area contributed by atoms with Crippen LogP contribution in [0, 0.1) is 5.82 Å². The first-order chi connectivity index (χ1) is 12.2. The van der Waals surface area contributed by atoms with E-state index in [1.165, 1.54) is 12.1 Å². The minimum Gasteiger partial charge on any atom is -0.351 e. The molecule has 2 N–H and O–H groups in total. The van der Waals surface area contributed by atoms with Gasteiger partial charge in [0.15, 0.2) is 0 Å². The summed E-state index contributed by atoms with van der Waals surface area (Å²) in [7, 11) is 0. The van der Waals surface area contributed by atoms with E-state index in [1.54, 1.807) is 6.07 Å². The predicted octanol–water partition coefficient (Wildman–Crippen LogP) is 5.25. The van der Waals surface area contributed by atoms with E-state index >= 15 is 0 Å². The van der Waals surface area contributed by atoms with Crippen LogP contribution in [0.2, 0.25) is 5.02 Å². The highest BCUT2D eigenvalue weighted by molar-refractivity contribution is 6.31. The molecular formula is C19H16ClFN4. The molecule has 2 aromatic carbocycles. The van der Waals surface area contributed by atoms with Crippen LogP contribution in [0.5, 0.6) is 0 Å². The van der Waals surface area contributed by atoms with Crippen LogP contribution in [0.15, 0.2) is 54.6 Å². The molecular weight excluding hydrogens is 339 g/mol. The fourth-order valence-corrected chi connectivity index (χ4v) is 2.65. The van der Waals surface area contributed by atoms with Crippen molar-refractivity contribution in [3.05, 3.63) is 65.4 Å². The average molecular weight is 355 g/mol. The Hall–Kier alpha value is -2.66. The summed E-state index contributed by atoms with van der Waals surface area (Å²) in [5.74, 6) is 0.759. The summed E-state index contributed by atoms with van der Waals surface area (Å²) in [6, 6.07) is 16.7. The molecule has 4 nitrogen and oxygen atoms in total. The highest BCUT2D eigenvalue weighted by Crippen LogP contribution is 2.28. The van der Waals surface area contributed by atoms with Gasteiger partial charge in [-0.15, -0.1) is 0 Å². The Morgan fingerprint density at radius 3 is 2.52 bits per heavy atom. The quantitative estimate of drug-likeness (QED) is 0.656. The van der Waals surface area contributed by atoms with Crippen molar-refractivity contribution in [3.8, 4) is 11.3 Å². The summed E-state index contributed by atoms with van der Waals surface area (Å²) >= 11 is 5.86. The Labute approximate surface area is 150 Å².